The Morgan fingerprint density at radius 2 is 1.80 bits per heavy atom. The topological polar surface area (TPSA) is 80.5 Å². The Kier molecular flexibility index (Phi) is 4.67. The molecule has 1 aromatic rings. The third-order valence-corrected chi connectivity index (χ3v) is 5.25. The van der Waals surface area contributed by atoms with Gasteiger partial charge in [0.25, 0.3) is 0 Å². The van der Waals surface area contributed by atoms with Crippen LogP contribution in [0.5, 0.6) is 0 Å². The maximum absolute atomic E-state index is 12.1. The number of amides is 1. The fourth-order valence-electron chi connectivity index (χ4n) is 2.13. The molecule has 1 heterocycles. The highest BCUT2D eigenvalue weighted by Crippen LogP contribution is 2.17. The van der Waals surface area contributed by atoms with E-state index in [-0.39, 0.29) is 16.8 Å². The monoisotopic (exact) mass is 316 g/mol. The number of benzene rings is 1. The SMILES string of the molecule is NC1CCN(C(=O)CS(=O)(=O)c2ccc(Cl)cc2)CC1. The number of carbonyl (C=O) groups is 1. The highest BCUT2D eigenvalue weighted by molar-refractivity contribution is 7.92. The van der Waals surface area contributed by atoms with Crippen molar-refractivity contribution < 1.29 is 13.2 Å². The van der Waals surface area contributed by atoms with Crippen LogP contribution in [0.4, 0.5) is 0 Å². The maximum atomic E-state index is 12.1. The van der Waals surface area contributed by atoms with E-state index in [4.69, 9.17) is 17.3 Å². The van der Waals surface area contributed by atoms with Crippen LogP contribution in [-0.4, -0.2) is 44.1 Å². The van der Waals surface area contributed by atoms with Gasteiger partial charge in [-0.25, -0.2) is 8.42 Å². The minimum atomic E-state index is -3.62. The molecule has 1 amide bonds. The molecule has 2 rings (SSSR count). The van der Waals surface area contributed by atoms with Crippen LogP contribution in [0.25, 0.3) is 0 Å². The number of rotatable bonds is 3. The van der Waals surface area contributed by atoms with Crippen molar-refractivity contribution in [1.29, 1.82) is 0 Å². The molecule has 2 N–H and O–H groups in total. The molecule has 7 heteroatoms. The Labute approximate surface area is 123 Å². The summed E-state index contributed by atoms with van der Waals surface area (Å²) < 4.78 is 24.3. The molecule has 0 bridgehead atoms. The van der Waals surface area contributed by atoms with Crippen LogP contribution in [-0.2, 0) is 14.6 Å². The summed E-state index contributed by atoms with van der Waals surface area (Å²) in [5, 5.41) is 0.459. The van der Waals surface area contributed by atoms with Crippen molar-refractivity contribution in [3.63, 3.8) is 0 Å². The van der Waals surface area contributed by atoms with Gasteiger partial charge < -0.3 is 10.6 Å². The van der Waals surface area contributed by atoms with E-state index in [1.807, 2.05) is 0 Å². The molecule has 1 fully saturated rings. The summed E-state index contributed by atoms with van der Waals surface area (Å²) in [5.74, 6) is -0.879. The summed E-state index contributed by atoms with van der Waals surface area (Å²) in [6.07, 6.45) is 1.43. The van der Waals surface area contributed by atoms with Crippen molar-refractivity contribution in [2.75, 3.05) is 18.8 Å². The van der Waals surface area contributed by atoms with Crippen LogP contribution >= 0.6 is 11.6 Å². The molecular formula is C13H17ClN2O3S. The molecule has 0 aromatic heterocycles. The van der Waals surface area contributed by atoms with Crippen molar-refractivity contribution in [1.82, 2.24) is 4.90 Å². The smallest absolute Gasteiger partial charge is 0.238 e. The second-order valence-corrected chi connectivity index (χ2v) is 7.36. The van der Waals surface area contributed by atoms with Gasteiger partial charge in [-0.05, 0) is 37.1 Å². The lowest BCUT2D eigenvalue weighted by molar-refractivity contribution is -0.129. The molecule has 1 aliphatic heterocycles. The first-order chi connectivity index (χ1) is 9.38. The molecule has 20 heavy (non-hydrogen) atoms. The number of hydrogen-bond donors (Lipinski definition) is 1. The molecular weight excluding hydrogens is 300 g/mol. The zero-order chi connectivity index (χ0) is 14.8. The van der Waals surface area contributed by atoms with Crippen molar-refractivity contribution in [3.8, 4) is 0 Å². The minimum absolute atomic E-state index is 0.104. The third-order valence-electron chi connectivity index (χ3n) is 3.38. The van der Waals surface area contributed by atoms with Crippen molar-refractivity contribution in [3.05, 3.63) is 29.3 Å². The molecule has 1 aliphatic rings. The number of piperidine rings is 1. The number of sulfone groups is 1. The summed E-state index contributed by atoms with van der Waals surface area (Å²) in [7, 11) is -3.62. The lowest BCUT2D eigenvalue weighted by Gasteiger charge is -2.30. The van der Waals surface area contributed by atoms with Crippen molar-refractivity contribution in [2.24, 2.45) is 5.73 Å². The molecule has 0 spiro atoms. The third kappa shape index (κ3) is 3.71. The highest BCUT2D eigenvalue weighted by atomic mass is 35.5. The molecule has 0 unspecified atom stereocenters. The molecule has 0 atom stereocenters. The van der Waals surface area contributed by atoms with Crippen LogP contribution in [0.15, 0.2) is 29.2 Å². The first-order valence-electron chi connectivity index (χ1n) is 6.40. The van der Waals surface area contributed by atoms with Gasteiger partial charge in [-0.2, -0.15) is 0 Å². The second kappa shape index (κ2) is 6.11. The lowest BCUT2D eigenvalue weighted by atomic mass is 10.1. The number of hydrogen-bond acceptors (Lipinski definition) is 4. The van der Waals surface area contributed by atoms with E-state index in [1.165, 1.54) is 24.3 Å². The first kappa shape index (κ1) is 15.3. The lowest BCUT2D eigenvalue weighted by Crippen LogP contribution is -2.44. The Hall–Kier alpha value is -1.11. The Bertz CT molecular complexity index is 578. The maximum Gasteiger partial charge on any atom is 0.238 e. The zero-order valence-electron chi connectivity index (χ0n) is 11.0. The highest BCUT2D eigenvalue weighted by Gasteiger charge is 2.26. The van der Waals surface area contributed by atoms with Gasteiger partial charge in [-0.1, -0.05) is 11.6 Å². The molecule has 0 aliphatic carbocycles. The molecule has 5 nitrogen and oxygen atoms in total. The molecule has 1 aromatic carbocycles. The average Bonchev–Trinajstić information content (AvgIpc) is 2.39. The average molecular weight is 317 g/mol. The molecule has 0 radical (unpaired) electrons. The normalized spacial score (nSPS) is 17.2. The van der Waals surface area contributed by atoms with Gasteiger partial charge in [0.05, 0.1) is 4.90 Å². The van der Waals surface area contributed by atoms with Gasteiger partial charge >= 0.3 is 0 Å². The number of nitrogens with two attached hydrogens (primary N) is 1. The van der Waals surface area contributed by atoms with Gasteiger partial charge in [0.1, 0.15) is 5.75 Å². The Balaban J connectivity index is 2.04. The minimum Gasteiger partial charge on any atom is -0.342 e. The summed E-state index contributed by atoms with van der Waals surface area (Å²) in [6, 6.07) is 5.93. The largest absolute Gasteiger partial charge is 0.342 e. The van der Waals surface area contributed by atoms with E-state index in [1.54, 1.807) is 4.90 Å². The number of carbonyl (C=O) groups excluding carboxylic acids is 1. The van der Waals surface area contributed by atoms with E-state index in [9.17, 15) is 13.2 Å². The molecule has 0 saturated carbocycles. The molecule has 110 valence electrons. The summed E-state index contributed by atoms with van der Waals surface area (Å²) >= 11 is 5.72. The summed E-state index contributed by atoms with van der Waals surface area (Å²) in [5.41, 5.74) is 5.76. The fourth-order valence-corrected chi connectivity index (χ4v) is 3.48. The standard InChI is InChI=1S/C13H17ClN2O3S/c14-10-1-3-12(4-2-10)20(18,19)9-13(17)16-7-5-11(15)6-8-16/h1-4,11H,5-9,15H2. The molecule has 1 saturated heterocycles. The van der Waals surface area contributed by atoms with Gasteiger partial charge in [0, 0.05) is 24.2 Å². The van der Waals surface area contributed by atoms with E-state index >= 15 is 0 Å². The van der Waals surface area contributed by atoms with E-state index in [2.05, 4.69) is 0 Å². The van der Waals surface area contributed by atoms with Crippen LogP contribution in [0, 0.1) is 0 Å². The van der Waals surface area contributed by atoms with Crippen molar-refractivity contribution >= 4 is 27.3 Å². The predicted molar refractivity (Wildman–Crippen MR) is 77.3 cm³/mol. The summed E-state index contributed by atoms with van der Waals surface area (Å²) in [6.45, 7) is 1.05. The Morgan fingerprint density at radius 3 is 2.35 bits per heavy atom. The van der Waals surface area contributed by atoms with Crippen LogP contribution in [0.1, 0.15) is 12.8 Å². The van der Waals surface area contributed by atoms with Gasteiger partial charge in [0.2, 0.25) is 5.91 Å². The van der Waals surface area contributed by atoms with Gasteiger partial charge in [-0.15, -0.1) is 0 Å². The number of halogens is 1. The summed E-state index contributed by atoms with van der Waals surface area (Å²) in [4.78, 5) is 13.7. The quantitative estimate of drug-likeness (QED) is 0.904. The van der Waals surface area contributed by atoms with Crippen LogP contribution in [0.3, 0.4) is 0 Å². The fraction of sp³-hybridized carbons (Fsp3) is 0.462. The zero-order valence-corrected chi connectivity index (χ0v) is 12.5. The number of likely N-dealkylation sites (tertiary alicyclic amines) is 1. The predicted octanol–water partition coefficient (Wildman–Crippen LogP) is 1.06. The van der Waals surface area contributed by atoms with Gasteiger partial charge in [0.15, 0.2) is 9.84 Å². The Morgan fingerprint density at radius 1 is 1.25 bits per heavy atom. The van der Waals surface area contributed by atoms with Crippen molar-refractivity contribution in [2.45, 2.75) is 23.8 Å². The second-order valence-electron chi connectivity index (χ2n) is 4.93. The van der Waals surface area contributed by atoms with E-state index in [0.717, 1.165) is 0 Å². The first-order valence-corrected chi connectivity index (χ1v) is 8.43. The van der Waals surface area contributed by atoms with Crippen LogP contribution < -0.4 is 5.73 Å². The number of nitrogens with zero attached hydrogens (tertiary/aromatic N) is 1. The van der Waals surface area contributed by atoms with E-state index in [0.29, 0.717) is 31.0 Å². The van der Waals surface area contributed by atoms with Gasteiger partial charge in [-0.3, -0.25) is 4.79 Å². The van der Waals surface area contributed by atoms with Crippen LogP contribution in [0.2, 0.25) is 5.02 Å². The van der Waals surface area contributed by atoms with E-state index < -0.39 is 15.6 Å².